The Morgan fingerprint density at radius 2 is 1.68 bits per heavy atom. The molecule has 0 radical (unpaired) electrons. The lowest BCUT2D eigenvalue weighted by atomic mass is 10.1. The summed E-state index contributed by atoms with van der Waals surface area (Å²) >= 11 is 0. The van der Waals surface area contributed by atoms with E-state index in [-0.39, 0.29) is 24.7 Å². The van der Waals surface area contributed by atoms with Gasteiger partial charge in [0.2, 0.25) is 5.91 Å². The topological polar surface area (TPSA) is 29.5 Å². The molecule has 0 saturated heterocycles. The van der Waals surface area contributed by atoms with Crippen LogP contribution in [0, 0.1) is 11.6 Å². The monoisotopic (exact) mass is 305 g/mol. The van der Waals surface area contributed by atoms with Crippen molar-refractivity contribution in [3.8, 4) is 5.75 Å². The molecule has 0 heterocycles. The number of rotatable bonds is 6. The number of amides is 1. The highest BCUT2D eigenvalue weighted by molar-refractivity contribution is 5.78. The van der Waals surface area contributed by atoms with Crippen molar-refractivity contribution >= 4 is 5.91 Å². The van der Waals surface area contributed by atoms with Gasteiger partial charge in [-0.3, -0.25) is 4.79 Å². The minimum absolute atomic E-state index is 0.0110. The van der Waals surface area contributed by atoms with Gasteiger partial charge in [0.05, 0.1) is 13.0 Å². The van der Waals surface area contributed by atoms with Crippen molar-refractivity contribution in [3.05, 3.63) is 65.7 Å². The Kier molecular flexibility index (Phi) is 5.47. The normalized spacial score (nSPS) is 10.3. The number of ether oxygens (including phenoxy) is 1. The third-order valence-electron chi connectivity index (χ3n) is 3.25. The van der Waals surface area contributed by atoms with E-state index in [1.54, 1.807) is 37.4 Å². The Bertz CT molecular complexity index is 646. The molecule has 2 aromatic carbocycles. The molecule has 0 saturated carbocycles. The zero-order chi connectivity index (χ0) is 15.9. The maximum absolute atomic E-state index is 13.5. The van der Waals surface area contributed by atoms with Crippen molar-refractivity contribution in [2.75, 3.05) is 20.2 Å². The van der Waals surface area contributed by atoms with Gasteiger partial charge in [0.1, 0.15) is 12.4 Å². The van der Waals surface area contributed by atoms with Crippen LogP contribution in [-0.4, -0.2) is 31.0 Å². The van der Waals surface area contributed by atoms with Crippen LogP contribution in [0.3, 0.4) is 0 Å². The van der Waals surface area contributed by atoms with Crippen molar-refractivity contribution in [3.63, 3.8) is 0 Å². The summed E-state index contributed by atoms with van der Waals surface area (Å²) in [6, 6.07) is 12.2. The van der Waals surface area contributed by atoms with Gasteiger partial charge in [0.25, 0.3) is 0 Å². The van der Waals surface area contributed by atoms with E-state index in [1.165, 1.54) is 23.1 Å². The number of hydrogen-bond acceptors (Lipinski definition) is 2. The van der Waals surface area contributed by atoms with E-state index in [4.69, 9.17) is 4.74 Å². The summed E-state index contributed by atoms with van der Waals surface area (Å²) in [5.74, 6) is -0.908. The highest BCUT2D eigenvalue weighted by Gasteiger charge is 2.12. The second-order valence-electron chi connectivity index (χ2n) is 4.86. The molecule has 5 heteroatoms. The first kappa shape index (κ1) is 15.9. The van der Waals surface area contributed by atoms with E-state index in [1.807, 2.05) is 0 Å². The van der Waals surface area contributed by atoms with Crippen molar-refractivity contribution in [1.29, 1.82) is 0 Å². The zero-order valence-electron chi connectivity index (χ0n) is 12.3. The van der Waals surface area contributed by atoms with Crippen LogP contribution < -0.4 is 4.74 Å². The second kappa shape index (κ2) is 7.54. The molecule has 0 fully saturated rings. The number of para-hydroxylation sites is 1. The fourth-order valence-electron chi connectivity index (χ4n) is 1.92. The van der Waals surface area contributed by atoms with Gasteiger partial charge in [-0.2, -0.15) is 0 Å². The van der Waals surface area contributed by atoms with E-state index in [0.29, 0.717) is 12.1 Å². The SMILES string of the molecule is CN(CCOc1ccccc1F)C(=O)Cc1ccccc1F. The lowest BCUT2D eigenvalue weighted by Gasteiger charge is -2.18. The highest BCUT2D eigenvalue weighted by Crippen LogP contribution is 2.15. The average Bonchev–Trinajstić information content (AvgIpc) is 2.51. The first-order valence-electron chi connectivity index (χ1n) is 6.92. The van der Waals surface area contributed by atoms with Crippen LogP contribution in [0.15, 0.2) is 48.5 Å². The molecule has 0 aliphatic carbocycles. The molecule has 0 atom stereocenters. The van der Waals surface area contributed by atoms with Gasteiger partial charge in [0.15, 0.2) is 11.6 Å². The number of carbonyl (C=O) groups is 1. The fourth-order valence-corrected chi connectivity index (χ4v) is 1.92. The number of nitrogens with zero attached hydrogens (tertiary/aromatic N) is 1. The van der Waals surface area contributed by atoms with Crippen molar-refractivity contribution < 1.29 is 18.3 Å². The predicted molar refractivity (Wildman–Crippen MR) is 79.6 cm³/mol. The molecule has 0 unspecified atom stereocenters. The maximum Gasteiger partial charge on any atom is 0.226 e. The molecule has 0 N–H and O–H groups in total. The van der Waals surface area contributed by atoms with E-state index < -0.39 is 11.6 Å². The van der Waals surface area contributed by atoms with Gasteiger partial charge in [-0.1, -0.05) is 30.3 Å². The fraction of sp³-hybridized carbons (Fsp3) is 0.235. The molecule has 0 aliphatic rings. The molecule has 0 spiro atoms. The van der Waals surface area contributed by atoms with Crippen molar-refractivity contribution in [2.45, 2.75) is 6.42 Å². The molecule has 2 aromatic rings. The molecule has 0 aliphatic heterocycles. The Morgan fingerprint density at radius 1 is 1.05 bits per heavy atom. The Morgan fingerprint density at radius 3 is 2.36 bits per heavy atom. The van der Waals surface area contributed by atoms with Gasteiger partial charge in [0, 0.05) is 7.05 Å². The van der Waals surface area contributed by atoms with Gasteiger partial charge in [-0.15, -0.1) is 0 Å². The number of benzene rings is 2. The van der Waals surface area contributed by atoms with Crippen LogP contribution in [0.2, 0.25) is 0 Å². The van der Waals surface area contributed by atoms with Gasteiger partial charge in [-0.25, -0.2) is 8.78 Å². The molecule has 2 rings (SSSR count). The zero-order valence-corrected chi connectivity index (χ0v) is 12.3. The van der Waals surface area contributed by atoms with E-state index in [2.05, 4.69) is 0 Å². The molecule has 0 aromatic heterocycles. The molecule has 0 bridgehead atoms. The molecule has 3 nitrogen and oxygen atoms in total. The smallest absolute Gasteiger partial charge is 0.226 e. The minimum Gasteiger partial charge on any atom is -0.489 e. The number of likely N-dealkylation sites (N-methyl/N-ethyl adjacent to an activating group) is 1. The third-order valence-corrected chi connectivity index (χ3v) is 3.25. The number of carbonyl (C=O) groups excluding carboxylic acids is 1. The lowest BCUT2D eigenvalue weighted by Crippen LogP contribution is -2.32. The summed E-state index contributed by atoms with van der Waals surface area (Å²) in [4.78, 5) is 13.4. The van der Waals surface area contributed by atoms with Crippen LogP contribution >= 0.6 is 0 Å². The summed E-state index contributed by atoms with van der Waals surface area (Å²) in [7, 11) is 1.61. The van der Waals surface area contributed by atoms with Crippen LogP contribution in [0.4, 0.5) is 8.78 Å². The largest absolute Gasteiger partial charge is 0.489 e. The average molecular weight is 305 g/mol. The first-order valence-corrected chi connectivity index (χ1v) is 6.92. The molecule has 22 heavy (non-hydrogen) atoms. The summed E-state index contributed by atoms with van der Waals surface area (Å²) in [6.45, 7) is 0.460. The van der Waals surface area contributed by atoms with Crippen LogP contribution in [0.25, 0.3) is 0 Å². The van der Waals surface area contributed by atoms with Crippen molar-refractivity contribution in [2.24, 2.45) is 0 Å². The minimum atomic E-state index is -0.442. The Hall–Kier alpha value is -2.43. The molecule has 1 amide bonds. The molecular formula is C17H17F2NO2. The summed E-state index contributed by atoms with van der Waals surface area (Å²) in [5.41, 5.74) is 0.356. The van der Waals surface area contributed by atoms with E-state index >= 15 is 0 Å². The third kappa shape index (κ3) is 4.28. The molecular weight excluding hydrogens is 288 g/mol. The number of hydrogen-bond donors (Lipinski definition) is 0. The highest BCUT2D eigenvalue weighted by atomic mass is 19.1. The van der Waals surface area contributed by atoms with Crippen LogP contribution in [-0.2, 0) is 11.2 Å². The van der Waals surface area contributed by atoms with E-state index in [0.717, 1.165) is 0 Å². The van der Waals surface area contributed by atoms with E-state index in [9.17, 15) is 13.6 Å². The summed E-state index contributed by atoms with van der Waals surface area (Å²) in [5, 5.41) is 0. The Balaban J connectivity index is 1.82. The summed E-state index contributed by atoms with van der Waals surface area (Å²) < 4.78 is 32.1. The van der Waals surface area contributed by atoms with Gasteiger partial charge in [-0.05, 0) is 23.8 Å². The predicted octanol–water partition coefficient (Wildman–Crippen LogP) is 3.04. The van der Waals surface area contributed by atoms with Gasteiger partial charge < -0.3 is 9.64 Å². The number of halogens is 2. The van der Waals surface area contributed by atoms with Gasteiger partial charge >= 0.3 is 0 Å². The van der Waals surface area contributed by atoms with Crippen molar-refractivity contribution in [1.82, 2.24) is 4.90 Å². The molecule has 116 valence electrons. The Labute approximate surface area is 128 Å². The second-order valence-corrected chi connectivity index (χ2v) is 4.86. The maximum atomic E-state index is 13.5. The van der Waals surface area contributed by atoms with Crippen LogP contribution in [0.1, 0.15) is 5.56 Å². The lowest BCUT2D eigenvalue weighted by molar-refractivity contribution is -0.129. The van der Waals surface area contributed by atoms with Crippen LogP contribution in [0.5, 0.6) is 5.75 Å². The first-order chi connectivity index (χ1) is 10.6. The standard InChI is InChI=1S/C17H17F2NO2/c1-20(10-11-22-16-9-5-4-8-15(16)19)17(21)12-13-6-2-3-7-14(13)18/h2-9H,10-12H2,1H3. The quantitative estimate of drug-likeness (QED) is 0.821. The summed E-state index contributed by atoms with van der Waals surface area (Å²) in [6.07, 6.45) is -0.0110.